The van der Waals surface area contributed by atoms with Crippen molar-refractivity contribution in [3.05, 3.63) is 17.2 Å². The van der Waals surface area contributed by atoms with Crippen LogP contribution in [0.15, 0.2) is 0 Å². The number of imidazole rings is 1. The Morgan fingerprint density at radius 2 is 2.17 bits per heavy atom. The fourth-order valence-electron chi connectivity index (χ4n) is 3.05. The minimum atomic E-state index is 0.608. The maximum atomic E-state index is 4.72. The highest BCUT2D eigenvalue weighted by atomic mass is 15.1. The van der Waals surface area contributed by atoms with Gasteiger partial charge in [0.2, 0.25) is 0 Å². The third kappa shape index (κ3) is 2.94. The predicted octanol–water partition coefficient (Wildman–Crippen LogP) is 3.37. The summed E-state index contributed by atoms with van der Waals surface area (Å²) in [4.78, 5) is 4.72. The number of fused-ring (bicyclic) bond motifs is 1. The van der Waals surface area contributed by atoms with Crippen molar-refractivity contribution in [3.63, 3.8) is 0 Å². The Hall–Kier alpha value is -0.830. The van der Waals surface area contributed by atoms with E-state index in [1.807, 2.05) is 0 Å². The molecule has 3 nitrogen and oxygen atoms in total. The second-order valence-electron chi connectivity index (χ2n) is 5.55. The van der Waals surface area contributed by atoms with Crippen molar-refractivity contribution in [2.45, 2.75) is 71.9 Å². The van der Waals surface area contributed by atoms with Gasteiger partial charge in [0.1, 0.15) is 5.82 Å². The summed E-state index contributed by atoms with van der Waals surface area (Å²) in [6.07, 6.45) is 7.84. The molecule has 1 unspecified atom stereocenters. The van der Waals surface area contributed by atoms with Crippen LogP contribution in [0.2, 0.25) is 0 Å². The van der Waals surface area contributed by atoms with Gasteiger partial charge in [0, 0.05) is 31.2 Å². The van der Waals surface area contributed by atoms with Crippen LogP contribution in [0, 0.1) is 6.92 Å². The topological polar surface area (TPSA) is 29.9 Å². The van der Waals surface area contributed by atoms with Crippen LogP contribution in [0.1, 0.15) is 69.2 Å². The van der Waals surface area contributed by atoms with Crippen LogP contribution in [0.25, 0.3) is 0 Å². The summed E-state index contributed by atoms with van der Waals surface area (Å²) in [6.45, 7) is 8.82. The van der Waals surface area contributed by atoms with E-state index in [1.54, 1.807) is 0 Å². The van der Waals surface area contributed by atoms with Crippen LogP contribution in [-0.4, -0.2) is 16.1 Å². The van der Waals surface area contributed by atoms with Gasteiger partial charge in [0.25, 0.3) is 0 Å². The monoisotopic (exact) mass is 249 g/mol. The molecule has 1 aromatic rings. The summed E-state index contributed by atoms with van der Waals surface area (Å²) in [7, 11) is 0. The number of nitrogens with zero attached hydrogens (tertiary/aromatic N) is 2. The molecule has 3 heteroatoms. The van der Waals surface area contributed by atoms with Gasteiger partial charge in [-0.25, -0.2) is 4.98 Å². The Morgan fingerprint density at radius 3 is 2.94 bits per heavy atom. The smallest absolute Gasteiger partial charge is 0.106 e. The second kappa shape index (κ2) is 6.37. The van der Waals surface area contributed by atoms with Gasteiger partial charge in [-0.1, -0.05) is 32.6 Å². The Morgan fingerprint density at radius 1 is 1.33 bits per heavy atom. The van der Waals surface area contributed by atoms with Crippen molar-refractivity contribution in [1.29, 1.82) is 0 Å². The molecule has 0 aromatic carbocycles. The van der Waals surface area contributed by atoms with Gasteiger partial charge < -0.3 is 9.88 Å². The summed E-state index contributed by atoms with van der Waals surface area (Å²) in [5.74, 6) is 1.20. The molecule has 2 heterocycles. The number of aromatic nitrogens is 2. The summed E-state index contributed by atoms with van der Waals surface area (Å²) in [6, 6.07) is 0.608. The van der Waals surface area contributed by atoms with Crippen LogP contribution in [0.3, 0.4) is 0 Å². The number of hydrogen-bond donors (Lipinski definition) is 1. The molecule has 0 fully saturated rings. The third-order valence-corrected chi connectivity index (χ3v) is 4.02. The van der Waals surface area contributed by atoms with Crippen LogP contribution < -0.4 is 5.32 Å². The Labute approximate surface area is 111 Å². The van der Waals surface area contributed by atoms with E-state index < -0.39 is 0 Å². The van der Waals surface area contributed by atoms with E-state index in [9.17, 15) is 0 Å². The van der Waals surface area contributed by atoms with E-state index in [2.05, 4.69) is 30.7 Å². The van der Waals surface area contributed by atoms with Crippen LogP contribution in [0.4, 0.5) is 0 Å². The summed E-state index contributed by atoms with van der Waals surface area (Å²) in [5.41, 5.74) is 2.76. The van der Waals surface area contributed by atoms with E-state index in [4.69, 9.17) is 4.98 Å². The first kappa shape index (κ1) is 13.6. The fraction of sp³-hybridized carbons (Fsp3) is 0.800. The molecule has 0 spiro atoms. The SMILES string of the molecule is CCCCCCC(C)n1c(C)nc2c1CCNC2. The van der Waals surface area contributed by atoms with E-state index in [0.717, 1.165) is 19.5 Å². The molecule has 102 valence electrons. The molecule has 1 aliphatic heterocycles. The Kier molecular flexibility index (Phi) is 4.81. The average Bonchev–Trinajstić information content (AvgIpc) is 2.70. The molecule has 2 rings (SSSR count). The van der Waals surface area contributed by atoms with Gasteiger partial charge in [-0.3, -0.25) is 0 Å². The number of rotatable bonds is 6. The summed E-state index contributed by atoms with van der Waals surface area (Å²) >= 11 is 0. The maximum Gasteiger partial charge on any atom is 0.106 e. The molecular formula is C15H27N3. The standard InChI is InChI=1S/C15H27N3/c1-4-5-6-7-8-12(2)18-13(3)17-14-11-16-10-9-15(14)18/h12,16H,4-11H2,1-3H3. The van der Waals surface area contributed by atoms with Gasteiger partial charge >= 0.3 is 0 Å². The van der Waals surface area contributed by atoms with Gasteiger partial charge in [-0.05, 0) is 20.3 Å². The minimum Gasteiger partial charge on any atom is -0.329 e. The van der Waals surface area contributed by atoms with Gasteiger partial charge in [0.05, 0.1) is 5.69 Å². The zero-order valence-corrected chi connectivity index (χ0v) is 12.1. The number of unbranched alkanes of at least 4 members (excludes halogenated alkanes) is 3. The first-order valence-corrected chi connectivity index (χ1v) is 7.51. The molecule has 1 aromatic heterocycles. The summed E-state index contributed by atoms with van der Waals surface area (Å²) in [5, 5.41) is 3.40. The molecule has 18 heavy (non-hydrogen) atoms. The van der Waals surface area contributed by atoms with E-state index in [1.165, 1.54) is 49.3 Å². The zero-order chi connectivity index (χ0) is 13.0. The molecule has 1 N–H and O–H groups in total. The molecule has 1 aliphatic rings. The molecule has 0 saturated heterocycles. The highest BCUT2D eigenvalue weighted by molar-refractivity contribution is 5.20. The molecular weight excluding hydrogens is 222 g/mol. The first-order chi connectivity index (χ1) is 8.74. The lowest BCUT2D eigenvalue weighted by molar-refractivity contribution is 0.446. The van der Waals surface area contributed by atoms with Gasteiger partial charge in [0.15, 0.2) is 0 Å². The largest absolute Gasteiger partial charge is 0.329 e. The van der Waals surface area contributed by atoms with Gasteiger partial charge in [-0.15, -0.1) is 0 Å². The highest BCUT2D eigenvalue weighted by Crippen LogP contribution is 2.24. The van der Waals surface area contributed by atoms with Crippen molar-refractivity contribution in [2.75, 3.05) is 6.54 Å². The third-order valence-electron chi connectivity index (χ3n) is 4.02. The summed E-state index contributed by atoms with van der Waals surface area (Å²) < 4.78 is 2.49. The molecule has 0 aliphatic carbocycles. The lowest BCUT2D eigenvalue weighted by Gasteiger charge is -2.21. The van der Waals surface area contributed by atoms with Crippen LogP contribution >= 0.6 is 0 Å². The Balaban J connectivity index is 2.00. The molecule has 0 bridgehead atoms. The first-order valence-electron chi connectivity index (χ1n) is 7.51. The van der Waals surface area contributed by atoms with Crippen molar-refractivity contribution >= 4 is 0 Å². The van der Waals surface area contributed by atoms with Crippen LogP contribution in [0.5, 0.6) is 0 Å². The molecule has 1 atom stereocenters. The quantitative estimate of drug-likeness (QED) is 0.783. The molecule has 0 saturated carbocycles. The van der Waals surface area contributed by atoms with Crippen LogP contribution in [-0.2, 0) is 13.0 Å². The van der Waals surface area contributed by atoms with Crippen molar-refractivity contribution in [2.24, 2.45) is 0 Å². The van der Waals surface area contributed by atoms with E-state index in [-0.39, 0.29) is 0 Å². The predicted molar refractivity (Wildman–Crippen MR) is 75.8 cm³/mol. The fourth-order valence-corrected chi connectivity index (χ4v) is 3.05. The molecule has 0 radical (unpaired) electrons. The zero-order valence-electron chi connectivity index (χ0n) is 12.1. The number of aryl methyl sites for hydroxylation is 1. The highest BCUT2D eigenvalue weighted by Gasteiger charge is 2.20. The van der Waals surface area contributed by atoms with Crippen molar-refractivity contribution in [1.82, 2.24) is 14.9 Å². The van der Waals surface area contributed by atoms with Crippen molar-refractivity contribution < 1.29 is 0 Å². The molecule has 0 amide bonds. The van der Waals surface area contributed by atoms with E-state index in [0.29, 0.717) is 6.04 Å². The van der Waals surface area contributed by atoms with E-state index >= 15 is 0 Å². The number of hydrogen-bond acceptors (Lipinski definition) is 2. The minimum absolute atomic E-state index is 0.608. The average molecular weight is 249 g/mol. The number of nitrogens with one attached hydrogen (secondary N) is 1. The lowest BCUT2D eigenvalue weighted by atomic mass is 10.1. The Bertz CT molecular complexity index is 381. The van der Waals surface area contributed by atoms with Gasteiger partial charge in [-0.2, -0.15) is 0 Å². The van der Waals surface area contributed by atoms with Crippen molar-refractivity contribution in [3.8, 4) is 0 Å². The lowest BCUT2D eigenvalue weighted by Crippen LogP contribution is -2.25. The second-order valence-corrected chi connectivity index (χ2v) is 5.55. The normalized spacial score (nSPS) is 16.6. The maximum absolute atomic E-state index is 4.72.